The highest BCUT2D eigenvalue weighted by Crippen LogP contribution is 2.42. The number of fused-ring (bicyclic) bond motifs is 1. The predicted molar refractivity (Wildman–Crippen MR) is 125 cm³/mol. The van der Waals surface area contributed by atoms with Crippen LogP contribution in [0.5, 0.6) is 11.5 Å². The van der Waals surface area contributed by atoms with Crippen LogP contribution in [0.15, 0.2) is 78.0 Å². The van der Waals surface area contributed by atoms with Gasteiger partial charge < -0.3 is 9.47 Å². The maximum Gasteiger partial charge on any atom is 0.159 e. The number of rotatable bonds is 5. The van der Waals surface area contributed by atoms with E-state index in [1.807, 2.05) is 54.2 Å². The molecule has 32 heavy (non-hydrogen) atoms. The number of para-hydroxylation sites is 1. The van der Waals surface area contributed by atoms with Crippen molar-refractivity contribution in [1.82, 2.24) is 14.8 Å². The van der Waals surface area contributed by atoms with Gasteiger partial charge in [0.25, 0.3) is 0 Å². The standard InChI is InChI=1S/C26H24N4O2/c1-17-25(18-10-12-20(31-2)13-11-18)26-28-22(21-8-4-5-9-24(21)32-3)15-23(30(26)29-17)19-7-6-14-27-16-19/h4-14,16,23H,15H2,1-3H3. The molecule has 6 nitrogen and oxygen atoms in total. The third-order valence-electron chi connectivity index (χ3n) is 5.85. The van der Waals surface area contributed by atoms with E-state index in [2.05, 4.69) is 29.2 Å². The van der Waals surface area contributed by atoms with Crippen LogP contribution in [0.3, 0.4) is 0 Å². The summed E-state index contributed by atoms with van der Waals surface area (Å²) >= 11 is 0. The molecule has 2 aromatic heterocycles. The number of aliphatic imine (C=N–C) groups is 1. The molecule has 1 unspecified atom stereocenters. The first-order valence-electron chi connectivity index (χ1n) is 10.5. The summed E-state index contributed by atoms with van der Waals surface area (Å²) in [4.78, 5) is 9.48. The number of nitrogens with zero attached hydrogens (tertiary/aromatic N) is 4. The first kappa shape index (κ1) is 20.0. The van der Waals surface area contributed by atoms with E-state index in [-0.39, 0.29) is 6.04 Å². The first-order valence-corrected chi connectivity index (χ1v) is 10.5. The Kier molecular flexibility index (Phi) is 5.19. The van der Waals surface area contributed by atoms with Crippen LogP contribution >= 0.6 is 0 Å². The molecule has 5 rings (SSSR count). The minimum atomic E-state index is -0.0122. The molecule has 0 N–H and O–H groups in total. The van der Waals surface area contributed by atoms with Crippen molar-refractivity contribution in [2.45, 2.75) is 19.4 Å². The van der Waals surface area contributed by atoms with Crippen molar-refractivity contribution in [1.29, 1.82) is 0 Å². The number of hydrogen-bond acceptors (Lipinski definition) is 5. The van der Waals surface area contributed by atoms with E-state index in [0.29, 0.717) is 6.42 Å². The third-order valence-corrected chi connectivity index (χ3v) is 5.85. The lowest BCUT2D eigenvalue weighted by Crippen LogP contribution is -2.21. The van der Waals surface area contributed by atoms with Crippen LogP contribution in [-0.4, -0.2) is 34.7 Å². The van der Waals surface area contributed by atoms with Gasteiger partial charge in [-0.05, 0) is 48.4 Å². The molecule has 0 fully saturated rings. The van der Waals surface area contributed by atoms with Crippen LogP contribution < -0.4 is 9.47 Å². The molecule has 0 bridgehead atoms. The normalized spacial score (nSPS) is 15.1. The quantitative estimate of drug-likeness (QED) is 0.431. The number of ether oxygens (including phenoxy) is 2. The lowest BCUT2D eigenvalue weighted by Gasteiger charge is -2.25. The van der Waals surface area contributed by atoms with E-state index in [9.17, 15) is 0 Å². The van der Waals surface area contributed by atoms with Gasteiger partial charge >= 0.3 is 0 Å². The van der Waals surface area contributed by atoms with Crippen molar-refractivity contribution in [2.24, 2.45) is 4.99 Å². The molecule has 0 saturated carbocycles. The molecule has 1 aliphatic rings. The van der Waals surface area contributed by atoms with Crippen LogP contribution in [0.25, 0.3) is 11.1 Å². The molecule has 0 saturated heterocycles. The molecule has 160 valence electrons. The highest BCUT2D eigenvalue weighted by Gasteiger charge is 2.30. The van der Waals surface area contributed by atoms with Gasteiger partial charge in [-0.15, -0.1) is 0 Å². The second-order valence-corrected chi connectivity index (χ2v) is 7.72. The Morgan fingerprint density at radius 1 is 0.938 bits per heavy atom. The molecule has 0 spiro atoms. The number of aryl methyl sites for hydroxylation is 1. The van der Waals surface area contributed by atoms with Crippen LogP contribution in [0.4, 0.5) is 5.82 Å². The molecule has 3 heterocycles. The van der Waals surface area contributed by atoms with Gasteiger partial charge in [-0.25, -0.2) is 9.67 Å². The lowest BCUT2D eigenvalue weighted by molar-refractivity contribution is 0.413. The van der Waals surface area contributed by atoms with Gasteiger partial charge in [-0.2, -0.15) is 5.10 Å². The largest absolute Gasteiger partial charge is 0.497 e. The molecule has 1 aliphatic heterocycles. The van der Waals surface area contributed by atoms with Gasteiger partial charge in [-0.3, -0.25) is 4.98 Å². The summed E-state index contributed by atoms with van der Waals surface area (Å²) < 4.78 is 13.0. The van der Waals surface area contributed by atoms with Crippen molar-refractivity contribution in [3.63, 3.8) is 0 Å². The number of hydrogen-bond donors (Lipinski definition) is 0. The Morgan fingerprint density at radius 2 is 1.75 bits per heavy atom. The van der Waals surface area contributed by atoms with Crippen molar-refractivity contribution in [2.75, 3.05) is 14.2 Å². The van der Waals surface area contributed by atoms with Gasteiger partial charge in [0.05, 0.1) is 31.7 Å². The van der Waals surface area contributed by atoms with E-state index < -0.39 is 0 Å². The summed E-state index contributed by atoms with van der Waals surface area (Å²) in [5.74, 6) is 2.47. The fourth-order valence-corrected chi connectivity index (χ4v) is 4.28. The van der Waals surface area contributed by atoms with Crippen molar-refractivity contribution < 1.29 is 9.47 Å². The fourth-order valence-electron chi connectivity index (χ4n) is 4.28. The second kappa shape index (κ2) is 8.30. The zero-order valence-corrected chi connectivity index (χ0v) is 18.3. The lowest BCUT2D eigenvalue weighted by atomic mass is 9.95. The molecule has 1 atom stereocenters. The molecule has 2 aromatic carbocycles. The number of pyridine rings is 1. The Balaban J connectivity index is 1.72. The highest BCUT2D eigenvalue weighted by molar-refractivity contribution is 6.06. The van der Waals surface area contributed by atoms with Crippen LogP contribution in [0.2, 0.25) is 0 Å². The van der Waals surface area contributed by atoms with Gasteiger partial charge in [0.15, 0.2) is 5.82 Å². The third kappa shape index (κ3) is 3.43. The summed E-state index contributed by atoms with van der Waals surface area (Å²) in [5, 5.41) is 4.92. The van der Waals surface area contributed by atoms with Gasteiger partial charge in [0.1, 0.15) is 11.5 Å². The Labute approximate surface area is 187 Å². The van der Waals surface area contributed by atoms with E-state index in [0.717, 1.165) is 51.0 Å². The number of methoxy groups -OCH3 is 2. The zero-order chi connectivity index (χ0) is 22.1. The van der Waals surface area contributed by atoms with Crippen molar-refractivity contribution >= 4 is 11.5 Å². The Hall–Kier alpha value is -3.93. The van der Waals surface area contributed by atoms with Gasteiger partial charge in [0.2, 0.25) is 0 Å². The predicted octanol–water partition coefficient (Wildman–Crippen LogP) is 5.38. The molecule has 0 radical (unpaired) electrons. The zero-order valence-electron chi connectivity index (χ0n) is 18.3. The Bertz CT molecular complexity index is 1280. The summed E-state index contributed by atoms with van der Waals surface area (Å²) in [6.45, 7) is 2.03. The summed E-state index contributed by atoms with van der Waals surface area (Å²) in [6, 6.07) is 20.1. The van der Waals surface area contributed by atoms with E-state index in [1.54, 1.807) is 20.4 Å². The van der Waals surface area contributed by atoms with E-state index in [1.165, 1.54) is 0 Å². The van der Waals surface area contributed by atoms with Gasteiger partial charge in [0, 0.05) is 29.9 Å². The highest BCUT2D eigenvalue weighted by atomic mass is 16.5. The van der Waals surface area contributed by atoms with Gasteiger partial charge in [-0.1, -0.05) is 30.3 Å². The maximum absolute atomic E-state index is 5.64. The van der Waals surface area contributed by atoms with Crippen LogP contribution in [-0.2, 0) is 0 Å². The average molecular weight is 425 g/mol. The molecular weight excluding hydrogens is 400 g/mol. The molecular formula is C26H24N4O2. The monoisotopic (exact) mass is 424 g/mol. The van der Waals surface area contributed by atoms with Crippen LogP contribution in [0, 0.1) is 6.92 Å². The van der Waals surface area contributed by atoms with E-state index >= 15 is 0 Å². The minimum Gasteiger partial charge on any atom is -0.497 e. The van der Waals surface area contributed by atoms with Crippen molar-refractivity contribution in [3.8, 4) is 22.6 Å². The molecule has 0 amide bonds. The first-order chi connectivity index (χ1) is 15.7. The second-order valence-electron chi connectivity index (χ2n) is 7.72. The topological polar surface area (TPSA) is 61.5 Å². The maximum atomic E-state index is 5.64. The van der Waals surface area contributed by atoms with E-state index in [4.69, 9.17) is 19.6 Å². The SMILES string of the molecule is COc1ccc(-c2c(C)nn3c2N=C(c2ccccc2OC)CC3c2cccnc2)cc1. The number of aromatic nitrogens is 3. The summed E-state index contributed by atoms with van der Waals surface area (Å²) in [6.07, 6.45) is 4.39. The smallest absolute Gasteiger partial charge is 0.159 e. The summed E-state index contributed by atoms with van der Waals surface area (Å²) in [5.41, 5.74) is 6.07. The average Bonchev–Trinajstić information content (AvgIpc) is 3.19. The Morgan fingerprint density at radius 3 is 2.47 bits per heavy atom. The number of benzene rings is 2. The summed E-state index contributed by atoms with van der Waals surface area (Å²) in [7, 11) is 3.36. The molecule has 0 aliphatic carbocycles. The van der Waals surface area contributed by atoms with Crippen molar-refractivity contribution in [3.05, 3.63) is 89.9 Å². The molecule has 6 heteroatoms. The fraction of sp³-hybridized carbons (Fsp3) is 0.192. The molecule has 4 aromatic rings. The minimum absolute atomic E-state index is 0.0122. The van der Waals surface area contributed by atoms with Crippen LogP contribution in [0.1, 0.15) is 29.3 Å².